The molecule has 0 saturated heterocycles. The number of halogens is 10. The Labute approximate surface area is 613 Å². The summed E-state index contributed by atoms with van der Waals surface area (Å²) in [6.45, 7) is 9.92. The van der Waals surface area contributed by atoms with Crippen molar-refractivity contribution < 1.29 is 88.0 Å². The third-order valence-corrected chi connectivity index (χ3v) is 18.9. The number of carbonyl (C=O) groups excluding carboxylic acids is 4. The second-order valence-corrected chi connectivity index (χ2v) is 26.2. The number of fused-ring (bicyclic) bond motifs is 3. The largest absolute Gasteiger partial charge is 0.478 e. The van der Waals surface area contributed by atoms with Crippen molar-refractivity contribution in [3.05, 3.63) is 246 Å². The Balaban J connectivity index is 0.000000159. The molecular formula is C75H74ClF9N12O10. The Hall–Kier alpha value is -11.2. The summed E-state index contributed by atoms with van der Waals surface area (Å²) in [5.74, 6) is -1.57. The monoisotopic (exact) mass is 1510 g/mol. The summed E-state index contributed by atoms with van der Waals surface area (Å²) in [5.41, 5.74) is 11.9. The Morgan fingerprint density at radius 2 is 0.766 bits per heavy atom. The van der Waals surface area contributed by atoms with E-state index in [4.69, 9.17) is 10.8 Å². The van der Waals surface area contributed by atoms with E-state index in [-0.39, 0.29) is 53.4 Å². The lowest BCUT2D eigenvalue weighted by atomic mass is 10.0. The molecule has 14 rings (SSSR count). The van der Waals surface area contributed by atoms with Gasteiger partial charge in [0.2, 0.25) is 0 Å². The SMILES string of the molecule is COC(=O)c1ccc(C2(N)CC2)cc1.COC(=O)c1ccc(CNC(=O)c2c(C)nn3c2N(Cc2ccc(C(F)(F)F)cc2)CC3)cc1.Cc1nn2c(c1C(=O)NC1(c3ccc(C(=O)O)cc3)CC1)N(Cc1ccc(C(F)(F)F)cc1)CC2.Cc1nn2c(c1C(=O)O)N(Cc1ccc(C(F)(F)F)cc1)CC2.Cl. The fourth-order valence-corrected chi connectivity index (χ4v) is 12.9. The molecule has 3 aromatic heterocycles. The van der Waals surface area contributed by atoms with Gasteiger partial charge in [-0.15, -0.1) is 12.4 Å². The number of benzene rings is 6. The number of carboxylic acid groups (broad SMARTS) is 2. The minimum absolute atomic E-state index is 0. The highest BCUT2D eigenvalue weighted by Gasteiger charge is 2.47. The van der Waals surface area contributed by atoms with Gasteiger partial charge in [0.15, 0.2) is 0 Å². The number of amides is 2. The third-order valence-electron chi connectivity index (χ3n) is 18.9. The Bertz CT molecular complexity index is 4750. The Morgan fingerprint density at radius 1 is 0.439 bits per heavy atom. The van der Waals surface area contributed by atoms with Gasteiger partial charge < -0.3 is 50.8 Å². The zero-order chi connectivity index (χ0) is 76.4. The normalized spacial score (nSPS) is 14.8. The zero-order valence-electron chi connectivity index (χ0n) is 58.3. The summed E-state index contributed by atoms with van der Waals surface area (Å²) >= 11 is 0. The van der Waals surface area contributed by atoms with E-state index in [9.17, 15) is 73.4 Å². The van der Waals surface area contributed by atoms with Gasteiger partial charge in [0.05, 0.1) is 89.9 Å². The quantitative estimate of drug-likeness (QED) is 0.0418. The molecule has 5 aliphatic rings. The number of nitrogens with zero attached hydrogens (tertiary/aromatic N) is 9. The highest BCUT2D eigenvalue weighted by Crippen LogP contribution is 2.47. The van der Waals surface area contributed by atoms with Gasteiger partial charge in [-0.2, -0.15) is 54.8 Å². The molecule has 22 nitrogen and oxygen atoms in total. The van der Waals surface area contributed by atoms with Crippen LogP contribution in [0.5, 0.6) is 0 Å². The lowest BCUT2D eigenvalue weighted by Crippen LogP contribution is -2.36. The molecule has 6 N–H and O–H groups in total. The molecular weight excluding hydrogens is 1440 g/mol. The molecule has 6 heterocycles. The predicted octanol–water partition coefficient (Wildman–Crippen LogP) is 13.1. The molecule has 2 saturated carbocycles. The number of carboxylic acids is 2. The molecule has 0 radical (unpaired) electrons. The van der Waals surface area contributed by atoms with Crippen LogP contribution in [-0.2, 0) is 84.9 Å². The van der Waals surface area contributed by atoms with E-state index in [1.54, 1.807) is 83.3 Å². The van der Waals surface area contributed by atoms with E-state index in [2.05, 4.69) is 35.4 Å². The van der Waals surface area contributed by atoms with E-state index < -0.39 is 58.7 Å². The van der Waals surface area contributed by atoms with Crippen molar-refractivity contribution in [1.82, 2.24) is 40.0 Å². The van der Waals surface area contributed by atoms with Crippen molar-refractivity contribution in [3.8, 4) is 0 Å². The molecule has 0 bridgehead atoms. The van der Waals surface area contributed by atoms with Crippen molar-refractivity contribution in [2.24, 2.45) is 5.73 Å². The number of nitrogens with two attached hydrogens (primary N) is 1. The average molecular weight is 1510 g/mol. The summed E-state index contributed by atoms with van der Waals surface area (Å²) in [7, 11) is 2.69. The minimum Gasteiger partial charge on any atom is -0.478 e. The number of ether oxygens (including phenoxy) is 2. The van der Waals surface area contributed by atoms with Crippen LogP contribution in [0, 0.1) is 20.8 Å². The molecule has 6 aromatic carbocycles. The average Bonchev–Trinajstić information content (AvgIpc) is 1.63. The second-order valence-electron chi connectivity index (χ2n) is 26.2. The van der Waals surface area contributed by atoms with Crippen LogP contribution < -0.4 is 31.1 Å². The van der Waals surface area contributed by atoms with E-state index in [1.807, 2.05) is 26.8 Å². The van der Waals surface area contributed by atoms with Crippen LogP contribution in [-0.4, -0.2) is 109 Å². The summed E-state index contributed by atoms with van der Waals surface area (Å²) < 4.78 is 129. The van der Waals surface area contributed by atoms with Crippen molar-refractivity contribution in [3.63, 3.8) is 0 Å². The van der Waals surface area contributed by atoms with Crippen LogP contribution in [0.2, 0.25) is 0 Å². The van der Waals surface area contributed by atoms with Gasteiger partial charge in [0.1, 0.15) is 34.1 Å². The molecule has 9 aromatic rings. The fraction of sp³-hybridized carbons (Fsp3) is 0.320. The fourth-order valence-electron chi connectivity index (χ4n) is 12.9. The maximum atomic E-state index is 13.4. The molecule has 107 heavy (non-hydrogen) atoms. The van der Waals surface area contributed by atoms with E-state index in [0.717, 1.165) is 78.8 Å². The number of aromatic carboxylic acids is 2. The maximum absolute atomic E-state index is 13.4. The summed E-state index contributed by atoms with van der Waals surface area (Å²) in [5, 5.41) is 37.6. The summed E-state index contributed by atoms with van der Waals surface area (Å²) in [4.78, 5) is 77.4. The first-order valence-electron chi connectivity index (χ1n) is 33.5. The number of nitrogens with one attached hydrogen (secondary N) is 2. The lowest BCUT2D eigenvalue weighted by Gasteiger charge is -2.22. The Kier molecular flexibility index (Phi) is 23.0. The van der Waals surface area contributed by atoms with Crippen molar-refractivity contribution in [2.45, 2.75) is 122 Å². The number of alkyl halides is 9. The number of aromatic nitrogens is 6. The highest BCUT2D eigenvalue weighted by atomic mass is 35.5. The van der Waals surface area contributed by atoms with Crippen molar-refractivity contribution in [2.75, 3.05) is 48.6 Å². The highest BCUT2D eigenvalue weighted by molar-refractivity contribution is 6.02. The minimum atomic E-state index is -4.39. The number of methoxy groups -OCH3 is 2. The smallest absolute Gasteiger partial charge is 0.416 e. The van der Waals surface area contributed by atoms with Gasteiger partial charge in [0, 0.05) is 51.4 Å². The number of anilines is 3. The molecule has 564 valence electrons. The van der Waals surface area contributed by atoms with E-state index >= 15 is 0 Å². The first-order valence-corrected chi connectivity index (χ1v) is 33.5. The number of esters is 2. The van der Waals surface area contributed by atoms with Crippen LogP contribution in [0.15, 0.2) is 146 Å². The number of hydrogen-bond donors (Lipinski definition) is 5. The van der Waals surface area contributed by atoms with Crippen LogP contribution >= 0.6 is 12.4 Å². The third kappa shape index (κ3) is 17.9. The zero-order valence-corrected chi connectivity index (χ0v) is 59.1. The van der Waals surface area contributed by atoms with E-state index in [1.165, 1.54) is 62.8 Å². The molecule has 0 unspecified atom stereocenters. The van der Waals surface area contributed by atoms with Crippen molar-refractivity contribution >= 4 is 65.6 Å². The molecule has 0 spiro atoms. The van der Waals surface area contributed by atoms with Gasteiger partial charge in [-0.05, 0) is 153 Å². The standard InChI is InChI=1S/C25H23F3N4O3.C24H23F3N4O3.C15H14F3N3O2.C11H13NO2.ClH/c1-15-20(21(33)29-24(10-11-24)18-8-4-17(5-9-18)23(34)35)22-31(12-13-32(22)30-15)14-16-2-6-19(7-3-16)25(26,27)28;1-15-20(21(32)28-13-16-3-7-18(8-4-16)23(33)34-2)22-30(11-12-31(22)29-15)14-17-5-9-19(10-6-17)24(25,26)27;1-9-12(14(22)23)13-20(6-7-21(13)19-9)8-10-2-4-11(5-3-10)15(16,17)18;1-14-10(13)8-2-4-9(5-3-8)11(12)6-7-11;/h2-9H,10-14H2,1H3,(H,29,33)(H,34,35);3-10H,11-14H2,1-2H3,(H,28,32);2-5H,6-8H2,1H3,(H,22,23);2-5H,6-7,12H2,1H3;1H. The molecule has 2 aliphatic carbocycles. The Morgan fingerprint density at radius 3 is 1.10 bits per heavy atom. The second kappa shape index (κ2) is 31.5. The van der Waals surface area contributed by atoms with Crippen molar-refractivity contribution in [1.29, 1.82) is 0 Å². The van der Waals surface area contributed by atoms with E-state index in [0.29, 0.717) is 132 Å². The van der Waals surface area contributed by atoms with Crippen LogP contribution in [0.25, 0.3) is 0 Å². The predicted molar refractivity (Wildman–Crippen MR) is 376 cm³/mol. The first kappa shape index (κ1) is 78.4. The van der Waals surface area contributed by atoms with Gasteiger partial charge in [-0.3, -0.25) is 9.59 Å². The number of hydrogen-bond acceptors (Lipinski definition) is 15. The van der Waals surface area contributed by atoms with Gasteiger partial charge in [-0.25, -0.2) is 33.2 Å². The lowest BCUT2D eigenvalue weighted by molar-refractivity contribution is -0.138. The molecule has 2 fully saturated rings. The maximum Gasteiger partial charge on any atom is 0.416 e. The summed E-state index contributed by atoms with van der Waals surface area (Å²) in [6.07, 6.45) is -9.59. The first-order chi connectivity index (χ1) is 50.2. The van der Waals surface area contributed by atoms with Crippen LogP contribution in [0.3, 0.4) is 0 Å². The number of rotatable bonds is 17. The topological polar surface area (TPSA) is 275 Å². The molecule has 0 atom stereocenters. The van der Waals surface area contributed by atoms with Crippen LogP contribution in [0.4, 0.5) is 57.0 Å². The summed E-state index contributed by atoms with van der Waals surface area (Å²) in [6, 6.07) is 35.5. The molecule has 3 aliphatic heterocycles. The van der Waals surface area contributed by atoms with Crippen LogP contribution in [0.1, 0.15) is 155 Å². The number of aryl methyl sites for hydroxylation is 3. The molecule has 32 heteroatoms. The molecule has 2 amide bonds. The van der Waals surface area contributed by atoms with Gasteiger partial charge in [0.25, 0.3) is 11.8 Å². The number of carbonyl (C=O) groups is 6. The van der Waals surface area contributed by atoms with Gasteiger partial charge >= 0.3 is 42.4 Å². The van der Waals surface area contributed by atoms with Gasteiger partial charge in [-0.1, -0.05) is 72.8 Å².